The first kappa shape index (κ1) is 16.0. The number of nitrogens with one attached hydrogen (secondary N) is 1. The molecule has 1 aliphatic heterocycles. The largest absolute Gasteiger partial charge is 0.437 e. The molecule has 2 rings (SSSR count). The third-order valence-corrected chi connectivity index (χ3v) is 3.61. The van der Waals surface area contributed by atoms with Crippen LogP contribution in [0.2, 0.25) is 0 Å². The lowest BCUT2D eigenvalue weighted by atomic mass is 9.94. The summed E-state index contributed by atoms with van der Waals surface area (Å²) in [5, 5.41) is 12.6. The van der Waals surface area contributed by atoms with Crippen LogP contribution in [0.5, 0.6) is 0 Å². The number of oxazole rings is 1. The lowest BCUT2D eigenvalue weighted by Crippen LogP contribution is -2.39. The zero-order valence-corrected chi connectivity index (χ0v) is 13.1. The monoisotopic (exact) mass is 295 g/mol. The van der Waals surface area contributed by atoms with Crippen LogP contribution in [0.25, 0.3) is 0 Å². The van der Waals surface area contributed by atoms with E-state index in [1.807, 2.05) is 20.8 Å². The first-order chi connectivity index (χ1) is 9.86. The highest BCUT2D eigenvalue weighted by Crippen LogP contribution is 2.22. The fourth-order valence-electron chi connectivity index (χ4n) is 2.34. The highest BCUT2D eigenvalue weighted by Gasteiger charge is 2.22. The van der Waals surface area contributed by atoms with E-state index in [2.05, 4.69) is 15.2 Å². The van der Waals surface area contributed by atoms with Crippen molar-refractivity contribution in [3.8, 4) is 0 Å². The molecular formula is C15H25N3O3. The molecule has 6 heteroatoms. The molecule has 2 N–H and O–H groups in total. The highest BCUT2D eigenvalue weighted by atomic mass is 16.4. The number of aliphatic hydroxyl groups excluding tert-OH is 1. The summed E-state index contributed by atoms with van der Waals surface area (Å²) in [5.74, 6) is 0.338. The van der Waals surface area contributed by atoms with Crippen LogP contribution in [0.1, 0.15) is 50.1 Å². The van der Waals surface area contributed by atoms with E-state index in [0.29, 0.717) is 12.3 Å². The number of hydrogen-bond acceptors (Lipinski definition) is 5. The van der Waals surface area contributed by atoms with Gasteiger partial charge in [-0.15, -0.1) is 0 Å². The van der Waals surface area contributed by atoms with Gasteiger partial charge in [0.1, 0.15) is 5.76 Å². The molecule has 0 spiro atoms. The van der Waals surface area contributed by atoms with E-state index in [-0.39, 0.29) is 23.8 Å². The van der Waals surface area contributed by atoms with Gasteiger partial charge in [-0.05, 0) is 25.9 Å². The van der Waals surface area contributed by atoms with Gasteiger partial charge < -0.3 is 19.7 Å². The second kappa shape index (κ2) is 6.58. The van der Waals surface area contributed by atoms with E-state index >= 15 is 0 Å². The maximum absolute atomic E-state index is 11.9. The van der Waals surface area contributed by atoms with Gasteiger partial charge in [0.15, 0.2) is 0 Å². The molecule has 0 saturated carbocycles. The normalized spacial score (nSPS) is 17.9. The van der Waals surface area contributed by atoms with Crippen LogP contribution in [-0.4, -0.2) is 53.2 Å². The quantitative estimate of drug-likeness (QED) is 0.852. The van der Waals surface area contributed by atoms with Gasteiger partial charge in [-0.25, -0.2) is 4.98 Å². The molecule has 0 bridgehead atoms. The summed E-state index contributed by atoms with van der Waals surface area (Å²) in [4.78, 5) is 18.1. The molecule has 1 saturated heterocycles. The summed E-state index contributed by atoms with van der Waals surface area (Å²) < 4.78 is 5.46. The smallest absolute Gasteiger partial charge is 0.307 e. The van der Waals surface area contributed by atoms with Crippen LogP contribution in [0, 0.1) is 0 Å². The Balaban J connectivity index is 1.79. The number of rotatable bonds is 5. The zero-order chi connectivity index (χ0) is 15.5. The third-order valence-electron chi connectivity index (χ3n) is 3.61. The minimum atomic E-state index is -0.566. The van der Waals surface area contributed by atoms with E-state index in [1.54, 1.807) is 6.20 Å². The van der Waals surface area contributed by atoms with Crippen LogP contribution in [0.3, 0.4) is 0 Å². The van der Waals surface area contributed by atoms with Gasteiger partial charge in [0, 0.05) is 18.5 Å². The van der Waals surface area contributed by atoms with Gasteiger partial charge in [-0.3, -0.25) is 4.79 Å². The molecule has 1 fully saturated rings. The van der Waals surface area contributed by atoms with Crippen molar-refractivity contribution in [2.24, 2.45) is 0 Å². The van der Waals surface area contributed by atoms with Crippen LogP contribution in [0.4, 0.5) is 0 Å². The average molecular weight is 295 g/mol. The molecule has 0 radical (unpaired) electrons. The van der Waals surface area contributed by atoms with Crippen molar-refractivity contribution in [3.05, 3.63) is 17.8 Å². The maximum Gasteiger partial charge on any atom is 0.307 e. The first-order valence-electron chi connectivity index (χ1n) is 7.51. The molecule has 118 valence electrons. The maximum atomic E-state index is 11.9. The Kier molecular flexibility index (Phi) is 5.00. The summed E-state index contributed by atoms with van der Waals surface area (Å²) in [6, 6.07) is 0. The molecule has 1 unspecified atom stereocenters. The van der Waals surface area contributed by atoms with Crippen molar-refractivity contribution in [2.45, 2.75) is 45.1 Å². The molecule has 1 aliphatic rings. The minimum absolute atomic E-state index is 0.0493. The average Bonchev–Trinajstić information content (AvgIpc) is 3.05. The Morgan fingerprint density at radius 1 is 1.48 bits per heavy atom. The molecule has 1 atom stereocenters. The molecule has 6 nitrogen and oxygen atoms in total. The third kappa shape index (κ3) is 4.54. The molecule has 0 aromatic carbocycles. The first-order valence-corrected chi connectivity index (χ1v) is 7.51. The Hall–Kier alpha value is -1.40. The standard InChI is InChI=1S/C15H25N3O3/c1-15(2,3)12-9-17-14(21-12)13(20)16-8-11(19)10-18-6-4-5-7-18/h9,11,19H,4-8,10H2,1-3H3,(H,16,20). The van der Waals surface area contributed by atoms with Crippen molar-refractivity contribution in [1.29, 1.82) is 0 Å². The molecule has 0 aliphatic carbocycles. The van der Waals surface area contributed by atoms with Crippen molar-refractivity contribution >= 4 is 5.91 Å². The minimum Gasteiger partial charge on any atom is -0.437 e. The number of β-amino-alcohol motifs (C(OH)–C–C–N with tert-alkyl or cyclic N) is 1. The van der Waals surface area contributed by atoms with E-state index in [9.17, 15) is 9.90 Å². The number of amides is 1. The lowest BCUT2D eigenvalue weighted by Gasteiger charge is -2.19. The fraction of sp³-hybridized carbons (Fsp3) is 0.733. The van der Waals surface area contributed by atoms with Crippen molar-refractivity contribution in [3.63, 3.8) is 0 Å². The van der Waals surface area contributed by atoms with Crippen LogP contribution in [0.15, 0.2) is 10.6 Å². The summed E-state index contributed by atoms with van der Waals surface area (Å²) in [7, 11) is 0. The second-order valence-electron chi connectivity index (χ2n) is 6.65. The predicted molar refractivity (Wildman–Crippen MR) is 79.2 cm³/mol. The molecule has 1 amide bonds. The molecule has 1 aromatic rings. The van der Waals surface area contributed by atoms with Crippen LogP contribution in [-0.2, 0) is 5.41 Å². The van der Waals surface area contributed by atoms with Crippen molar-refractivity contribution in [2.75, 3.05) is 26.2 Å². The SMILES string of the molecule is CC(C)(C)c1cnc(C(=O)NCC(O)CN2CCCC2)o1. The predicted octanol–water partition coefficient (Wildman–Crippen LogP) is 1.16. The van der Waals surface area contributed by atoms with E-state index in [0.717, 1.165) is 13.1 Å². The Morgan fingerprint density at radius 2 is 2.14 bits per heavy atom. The zero-order valence-electron chi connectivity index (χ0n) is 13.1. The Morgan fingerprint density at radius 3 is 2.71 bits per heavy atom. The topological polar surface area (TPSA) is 78.6 Å². The molecule has 1 aromatic heterocycles. The number of likely N-dealkylation sites (tertiary alicyclic amines) is 1. The fourth-order valence-corrected chi connectivity index (χ4v) is 2.34. The summed E-state index contributed by atoms with van der Waals surface area (Å²) >= 11 is 0. The van der Waals surface area contributed by atoms with Gasteiger partial charge in [0.05, 0.1) is 12.3 Å². The highest BCUT2D eigenvalue weighted by molar-refractivity contribution is 5.89. The van der Waals surface area contributed by atoms with E-state index in [1.165, 1.54) is 12.8 Å². The second-order valence-corrected chi connectivity index (χ2v) is 6.65. The van der Waals surface area contributed by atoms with Gasteiger partial charge in [0.2, 0.25) is 0 Å². The summed E-state index contributed by atoms with van der Waals surface area (Å²) in [5.41, 5.74) is -0.180. The number of hydrogen-bond donors (Lipinski definition) is 2. The number of carbonyl (C=O) groups is 1. The number of carbonyl (C=O) groups excluding carboxylic acids is 1. The molecule has 2 heterocycles. The van der Waals surface area contributed by atoms with Crippen LogP contribution < -0.4 is 5.32 Å². The number of aliphatic hydroxyl groups is 1. The lowest BCUT2D eigenvalue weighted by molar-refractivity contribution is 0.0845. The van der Waals surface area contributed by atoms with Crippen LogP contribution >= 0.6 is 0 Å². The number of nitrogens with zero attached hydrogens (tertiary/aromatic N) is 2. The van der Waals surface area contributed by atoms with E-state index < -0.39 is 6.10 Å². The van der Waals surface area contributed by atoms with Gasteiger partial charge in [-0.1, -0.05) is 20.8 Å². The number of aromatic nitrogens is 1. The van der Waals surface area contributed by atoms with Gasteiger partial charge >= 0.3 is 5.91 Å². The van der Waals surface area contributed by atoms with Gasteiger partial charge in [-0.2, -0.15) is 0 Å². The van der Waals surface area contributed by atoms with Crippen molar-refractivity contribution < 1.29 is 14.3 Å². The Labute approximate surface area is 125 Å². The molecule has 21 heavy (non-hydrogen) atoms. The Bertz CT molecular complexity index is 473. The van der Waals surface area contributed by atoms with Crippen molar-refractivity contribution in [1.82, 2.24) is 15.2 Å². The molecular weight excluding hydrogens is 270 g/mol. The summed E-state index contributed by atoms with van der Waals surface area (Å²) in [6.07, 6.45) is 3.38. The summed E-state index contributed by atoms with van der Waals surface area (Å²) in [6.45, 7) is 8.85. The van der Waals surface area contributed by atoms with Gasteiger partial charge in [0.25, 0.3) is 5.89 Å². The van der Waals surface area contributed by atoms with E-state index in [4.69, 9.17) is 4.42 Å².